The van der Waals surface area contributed by atoms with Gasteiger partial charge in [-0.3, -0.25) is 4.98 Å². The van der Waals surface area contributed by atoms with Crippen LogP contribution in [0.25, 0.3) is 0 Å². The Morgan fingerprint density at radius 3 is 1.56 bits per heavy atom. The quantitative estimate of drug-likeness (QED) is 0.501. The van der Waals surface area contributed by atoms with Crippen molar-refractivity contribution in [2.24, 2.45) is 0 Å². The van der Waals surface area contributed by atoms with Crippen molar-refractivity contribution in [3.05, 3.63) is 30.6 Å². The Morgan fingerprint density at radius 1 is 1.00 bits per heavy atom. The fourth-order valence-electron chi connectivity index (χ4n) is 0.313. The highest BCUT2D eigenvalue weighted by molar-refractivity contribution is 5.29. The molecule has 0 aliphatic heterocycles. The van der Waals surface area contributed by atoms with Gasteiger partial charge in [0.05, 0.1) is 6.01 Å². The van der Waals surface area contributed by atoms with Gasteiger partial charge in [-0.15, -0.1) is 0 Å². The highest BCUT2D eigenvalue weighted by Gasteiger charge is 1.58. The molecule has 3 nitrogen and oxygen atoms in total. The van der Waals surface area contributed by atoms with Crippen molar-refractivity contribution in [3.8, 4) is 0 Å². The van der Waals surface area contributed by atoms with Crippen LogP contribution >= 0.6 is 0 Å². The Bertz CT molecular complexity index is 138. The minimum atomic E-state index is 1.25. The van der Waals surface area contributed by atoms with Gasteiger partial charge in [-0.25, -0.2) is 10.8 Å². The molecule has 0 bridgehead atoms. The van der Waals surface area contributed by atoms with Crippen LogP contribution in [0.2, 0.25) is 0 Å². The van der Waals surface area contributed by atoms with Gasteiger partial charge in [0.25, 0.3) is 0 Å². The molecule has 0 fully saturated rings. The summed E-state index contributed by atoms with van der Waals surface area (Å²) in [4.78, 5) is 3.78. The Morgan fingerprint density at radius 2 is 1.44 bits per heavy atom. The topological polar surface area (TPSA) is 60.6 Å². The van der Waals surface area contributed by atoms with Crippen LogP contribution in [0.1, 0.15) is 0 Å². The molecule has 0 unspecified atom stereocenters. The zero-order valence-corrected chi connectivity index (χ0v) is 4.83. The van der Waals surface area contributed by atoms with E-state index in [1.54, 1.807) is 12.4 Å². The summed E-state index contributed by atoms with van der Waals surface area (Å²) in [6.07, 6.45) is 3.50. The highest BCUT2D eigenvalue weighted by atomic mass is 14.6. The molecule has 0 aliphatic rings. The monoisotopic (exact) mass is 121 g/mol. The molecule has 0 saturated heterocycles. The standard InChI is InChI=1S/C5H5N.CH2N2/c1-2-4-6-5-3-1;2-1-3/h1-5H;2-3H. The Kier molecular flexibility index (Phi) is 5.46. The zero-order chi connectivity index (χ0) is 6.95. The number of nitrogens with one attached hydrogen (secondary N) is 2. The molecule has 46 valence electrons. The first-order valence-corrected chi connectivity index (χ1v) is 2.35. The van der Waals surface area contributed by atoms with Gasteiger partial charge in [-0.1, -0.05) is 6.07 Å². The van der Waals surface area contributed by atoms with E-state index in [0.717, 1.165) is 0 Å². The minimum Gasteiger partial charge on any atom is -0.265 e. The summed E-state index contributed by atoms with van der Waals surface area (Å²) in [5.41, 5.74) is 0. The zero-order valence-electron chi connectivity index (χ0n) is 4.83. The van der Waals surface area contributed by atoms with Gasteiger partial charge in [-0.2, -0.15) is 0 Å². The van der Waals surface area contributed by atoms with Gasteiger partial charge in [-0.05, 0) is 12.1 Å². The summed E-state index contributed by atoms with van der Waals surface area (Å²) in [5, 5.41) is 11.2. The largest absolute Gasteiger partial charge is 0.265 e. The van der Waals surface area contributed by atoms with E-state index in [1.165, 1.54) is 6.01 Å². The van der Waals surface area contributed by atoms with Gasteiger partial charge in [0.2, 0.25) is 0 Å². The molecule has 0 amide bonds. The Balaban J connectivity index is 0.000000187. The SMILES string of the molecule is N=C=N.c1ccncc1. The van der Waals surface area contributed by atoms with Crippen molar-refractivity contribution >= 4 is 6.01 Å². The predicted molar refractivity (Wildman–Crippen MR) is 34.7 cm³/mol. The summed E-state index contributed by atoms with van der Waals surface area (Å²) in [6.45, 7) is 0. The molecule has 0 atom stereocenters. The second-order valence-corrected chi connectivity index (χ2v) is 1.15. The second-order valence-electron chi connectivity index (χ2n) is 1.15. The van der Waals surface area contributed by atoms with Crippen molar-refractivity contribution in [2.75, 3.05) is 0 Å². The molecule has 1 aromatic heterocycles. The van der Waals surface area contributed by atoms with Gasteiger partial charge in [0, 0.05) is 12.4 Å². The normalized spacial score (nSPS) is 6.22. The summed E-state index contributed by atoms with van der Waals surface area (Å²) < 4.78 is 0. The Hall–Kier alpha value is -1.47. The van der Waals surface area contributed by atoms with Gasteiger partial charge < -0.3 is 0 Å². The molecule has 0 aromatic carbocycles. The van der Waals surface area contributed by atoms with Gasteiger partial charge >= 0.3 is 0 Å². The van der Waals surface area contributed by atoms with E-state index in [2.05, 4.69) is 4.98 Å². The van der Waals surface area contributed by atoms with Crippen molar-refractivity contribution in [1.82, 2.24) is 4.98 Å². The van der Waals surface area contributed by atoms with Crippen LogP contribution in [0.3, 0.4) is 0 Å². The fourth-order valence-corrected chi connectivity index (χ4v) is 0.313. The minimum absolute atomic E-state index is 1.25. The molecule has 1 heterocycles. The molecule has 0 aliphatic carbocycles. The molecular formula is C6H7N3. The van der Waals surface area contributed by atoms with Crippen LogP contribution in [0, 0.1) is 10.8 Å². The molecule has 0 radical (unpaired) electrons. The summed E-state index contributed by atoms with van der Waals surface area (Å²) in [5.74, 6) is 0. The second kappa shape index (κ2) is 6.53. The molecule has 3 heteroatoms. The molecular weight excluding hydrogens is 114 g/mol. The first-order valence-electron chi connectivity index (χ1n) is 2.35. The lowest BCUT2D eigenvalue weighted by Gasteiger charge is -1.70. The maximum absolute atomic E-state index is 5.62. The lowest BCUT2D eigenvalue weighted by atomic mass is 10.5. The van der Waals surface area contributed by atoms with E-state index in [9.17, 15) is 0 Å². The fraction of sp³-hybridized carbons (Fsp3) is 0. The van der Waals surface area contributed by atoms with Crippen molar-refractivity contribution in [1.29, 1.82) is 10.8 Å². The van der Waals surface area contributed by atoms with Gasteiger partial charge in [0.15, 0.2) is 0 Å². The van der Waals surface area contributed by atoms with Crippen LogP contribution in [0.4, 0.5) is 0 Å². The number of rotatable bonds is 0. The number of hydrogen-bond acceptors (Lipinski definition) is 3. The maximum atomic E-state index is 5.62. The van der Waals surface area contributed by atoms with E-state index in [1.807, 2.05) is 18.2 Å². The third-order valence-corrected chi connectivity index (χ3v) is 0.566. The van der Waals surface area contributed by atoms with E-state index in [-0.39, 0.29) is 0 Å². The number of nitrogens with zero attached hydrogens (tertiary/aromatic N) is 1. The maximum Gasteiger partial charge on any atom is 0.0831 e. The molecule has 2 N–H and O–H groups in total. The molecule has 1 aromatic rings. The van der Waals surface area contributed by atoms with Gasteiger partial charge in [0.1, 0.15) is 0 Å². The van der Waals surface area contributed by atoms with Crippen LogP contribution in [0.15, 0.2) is 30.6 Å². The first-order chi connectivity index (χ1) is 4.41. The average molecular weight is 121 g/mol. The van der Waals surface area contributed by atoms with Crippen LogP contribution in [-0.4, -0.2) is 11.0 Å². The molecule has 0 saturated carbocycles. The third-order valence-electron chi connectivity index (χ3n) is 0.566. The lowest BCUT2D eigenvalue weighted by molar-refractivity contribution is 1.33. The van der Waals surface area contributed by atoms with Crippen LogP contribution < -0.4 is 0 Å². The molecule has 9 heavy (non-hydrogen) atoms. The predicted octanol–water partition coefficient (Wildman–Crippen LogP) is 1.40. The van der Waals surface area contributed by atoms with E-state index in [0.29, 0.717) is 0 Å². The van der Waals surface area contributed by atoms with Crippen molar-refractivity contribution in [2.45, 2.75) is 0 Å². The summed E-state index contributed by atoms with van der Waals surface area (Å²) in [6, 6.07) is 6.97. The van der Waals surface area contributed by atoms with Crippen LogP contribution in [0.5, 0.6) is 0 Å². The van der Waals surface area contributed by atoms with Crippen molar-refractivity contribution in [3.63, 3.8) is 0 Å². The van der Waals surface area contributed by atoms with E-state index < -0.39 is 0 Å². The van der Waals surface area contributed by atoms with E-state index in [4.69, 9.17) is 10.8 Å². The average Bonchev–Trinajstić information content (AvgIpc) is 1.93. The third kappa shape index (κ3) is 6.53. The lowest BCUT2D eigenvalue weighted by Crippen LogP contribution is -1.58. The first kappa shape index (κ1) is 7.53. The number of hydrogen-bond donors (Lipinski definition) is 2. The Labute approximate surface area is 53.4 Å². The number of aromatic nitrogens is 1. The highest BCUT2D eigenvalue weighted by Crippen LogP contribution is 1.73. The summed E-state index contributed by atoms with van der Waals surface area (Å²) in [7, 11) is 0. The number of pyridine rings is 1. The van der Waals surface area contributed by atoms with E-state index >= 15 is 0 Å². The molecule has 0 spiro atoms. The van der Waals surface area contributed by atoms with Crippen molar-refractivity contribution < 1.29 is 0 Å². The summed E-state index contributed by atoms with van der Waals surface area (Å²) >= 11 is 0. The van der Waals surface area contributed by atoms with Crippen LogP contribution in [-0.2, 0) is 0 Å². The molecule has 1 rings (SSSR count). The smallest absolute Gasteiger partial charge is 0.0831 e.